The lowest BCUT2D eigenvalue weighted by atomic mass is 9.96. The van der Waals surface area contributed by atoms with Gasteiger partial charge in [-0.15, -0.1) is 0 Å². The first-order valence-electron chi connectivity index (χ1n) is 8.47. The normalized spacial score (nSPS) is 12.2. The maximum absolute atomic E-state index is 5.97. The molecule has 0 aliphatic rings. The van der Waals surface area contributed by atoms with Gasteiger partial charge in [0.15, 0.2) is 5.82 Å². The predicted octanol–water partition coefficient (Wildman–Crippen LogP) is 5.24. The molecular formula is C19H28N4OS. The van der Waals surface area contributed by atoms with Gasteiger partial charge in [0, 0.05) is 30.0 Å². The van der Waals surface area contributed by atoms with Crippen molar-refractivity contribution in [1.29, 1.82) is 0 Å². The molecule has 6 heteroatoms. The molecule has 5 nitrogen and oxygen atoms in total. The highest BCUT2D eigenvalue weighted by atomic mass is 32.1. The standard InChI is InChI=1S/C19H28N4OS/c1-12(2)23(8)11-20-15-9-14(4)16(10-13(15)3)24-18-21-17(22-25-18)19(5,6)7/h9-12H,1-8H3/b20-11-. The van der Waals surface area contributed by atoms with Gasteiger partial charge in [-0.05, 0) is 51.0 Å². The molecule has 0 unspecified atom stereocenters. The van der Waals surface area contributed by atoms with Crippen LogP contribution in [0.2, 0.25) is 0 Å². The topological polar surface area (TPSA) is 50.6 Å². The van der Waals surface area contributed by atoms with Gasteiger partial charge in [-0.3, -0.25) is 0 Å². The number of ether oxygens (including phenoxy) is 1. The summed E-state index contributed by atoms with van der Waals surface area (Å²) in [6.07, 6.45) is 1.87. The summed E-state index contributed by atoms with van der Waals surface area (Å²) in [5, 5.41) is 0.572. The Bertz CT molecular complexity index is 759. The first kappa shape index (κ1) is 19.4. The number of nitrogens with zero attached hydrogens (tertiary/aromatic N) is 4. The van der Waals surface area contributed by atoms with E-state index >= 15 is 0 Å². The molecule has 0 saturated carbocycles. The second kappa shape index (κ2) is 7.52. The minimum Gasteiger partial charge on any atom is -0.430 e. The second-order valence-electron chi connectivity index (χ2n) is 7.64. The Balaban J connectivity index is 2.21. The van der Waals surface area contributed by atoms with Crippen molar-refractivity contribution >= 4 is 23.6 Å². The van der Waals surface area contributed by atoms with Crippen LogP contribution in [0.5, 0.6) is 10.9 Å². The lowest BCUT2D eigenvalue weighted by Gasteiger charge is -2.17. The molecule has 1 aromatic heterocycles. The number of aromatic nitrogens is 2. The average molecular weight is 361 g/mol. The molecule has 136 valence electrons. The predicted molar refractivity (Wildman–Crippen MR) is 106 cm³/mol. The van der Waals surface area contributed by atoms with Crippen LogP contribution in [0.25, 0.3) is 0 Å². The summed E-state index contributed by atoms with van der Waals surface area (Å²) in [6.45, 7) is 14.6. The van der Waals surface area contributed by atoms with Crippen LogP contribution >= 0.6 is 11.5 Å². The van der Waals surface area contributed by atoms with Gasteiger partial charge in [-0.1, -0.05) is 20.8 Å². The van der Waals surface area contributed by atoms with E-state index in [-0.39, 0.29) is 5.41 Å². The Labute approximate surface area is 154 Å². The highest BCUT2D eigenvalue weighted by Gasteiger charge is 2.20. The molecule has 0 bridgehead atoms. The summed E-state index contributed by atoms with van der Waals surface area (Å²) in [7, 11) is 2.02. The van der Waals surface area contributed by atoms with E-state index in [0.29, 0.717) is 11.2 Å². The van der Waals surface area contributed by atoms with Crippen LogP contribution in [0.4, 0.5) is 5.69 Å². The summed E-state index contributed by atoms with van der Waals surface area (Å²) in [5.41, 5.74) is 2.96. The van der Waals surface area contributed by atoms with Gasteiger partial charge in [0.05, 0.1) is 12.0 Å². The summed E-state index contributed by atoms with van der Waals surface area (Å²) >= 11 is 1.29. The molecule has 1 aromatic carbocycles. The monoisotopic (exact) mass is 360 g/mol. The minimum atomic E-state index is -0.0793. The molecule has 2 rings (SSSR count). The van der Waals surface area contributed by atoms with E-state index in [1.54, 1.807) is 0 Å². The van der Waals surface area contributed by atoms with Gasteiger partial charge < -0.3 is 9.64 Å². The van der Waals surface area contributed by atoms with Crippen LogP contribution in [0.3, 0.4) is 0 Å². The molecule has 0 fully saturated rings. The van der Waals surface area contributed by atoms with E-state index in [9.17, 15) is 0 Å². The molecule has 0 atom stereocenters. The highest BCUT2D eigenvalue weighted by Crippen LogP contribution is 2.33. The maximum Gasteiger partial charge on any atom is 0.298 e. The van der Waals surface area contributed by atoms with E-state index in [1.807, 2.05) is 39.4 Å². The van der Waals surface area contributed by atoms with Crippen molar-refractivity contribution in [3.8, 4) is 10.9 Å². The van der Waals surface area contributed by atoms with Crippen LogP contribution in [-0.2, 0) is 5.41 Å². The van der Waals surface area contributed by atoms with Crippen LogP contribution in [-0.4, -0.2) is 33.7 Å². The summed E-state index contributed by atoms with van der Waals surface area (Å²) in [4.78, 5) is 11.2. The SMILES string of the molecule is Cc1cc(Oc2nc(C(C)(C)C)ns2)c(C)cc1/N=C\N(C)C(C)C. The quantitative estimate of drug-likeness (QED) is 0.540. The Kier molecular flexibility index (Phi) is 5.83. The summed E-state index contributed by atoms with van der Waals surface area (Å²) in [5.74, 6) is 1.60. The molecule has 25 heavy (non-hydrogen) atoms. The number of hydrogen-bond donors (Lipinski definition) is 0. The third-order valence-corrected chi connectivity index (χ3v) is 4.56. The molecular weight excluding hydrogens is 332 g/mol. The van der Waals surface area contributed by atoms with Crippen LogP contribution in [0.1, 0.15) is 51.6 Å². The van der Waals surface area contributed by atoms with E-state index in [1.165, 1.54) is 11.5 Å². The van der Waals surface area contributed by atoms with Crippen molar-refractivity contribution < 1.29 is 4.74 Å². The van der Waals surface area contributed by atoms with Gasteiger partial charge in [0.2, 0.25) is 0 Å². The number of hydrogen-bond acceptors (Lipinski definition) is 5. The van der Waals surface area contributed by atoms with Crippen molar-refractivity contribution in [2.24, 2.45) is 4.99 Å². The number of aryl methyl sites for hydroxylation is 2. The van der Waals surface area contributed by atoms with Crippen molar-refractivity contribution in [2.75, 3.05) is 7.05 Å². The number of rotatable bonds is 5. The highest BCUT2D eigenvalue weighted by molar-refractivity contribution is 7.07. The molecule has 0 spiro atoms. The molecule has 0 aliphatic carbocycles. The molecule has 0 radical (unpaired) electrons. The fraction of sp³-hybridized carbons (Fsp3) is 0.526. The Morgan fingerprint density at radius 1 is 1.20 bits per heavy atom. The van der Waals surface area contributed by atoms with Gasteiger partial charge in [0.25, 0.3) is 5.19 Å². The Morgan fingerprint density at radius 3 is 2.44 bits per heavy atom. The Morgan fingerprint density at radius 2 is 1.88 bits per heavy atom. The zero-order valence-electron chi connectivity index (χ0n) is 16.4. The van der Waals surface area contributed by atoms with E-state index in [4.69, 9.17) is 4.74 Å². The van der Waals surface area contributed by atoms with Gasteiger partial charge in [-0.2, -0.15) is 9.36 Å². The maximum atomic E-state index is 5.97. The summed E-state index contributed by atoms with van der Waals surface area (Å²) in [6, 6.07) is 4.47. The van der Waals surface area contributed by atoms with Crippen molar-refractivity contribution in [3.63, 3.8) is 0 Å². The molecule has 0 aliphatic heterocycles. The van der Waals surface area contributed by atoms with Crippen LogP contribution < -0.4 is 4.74 Å². The molecule has 2 aromatic rings. The third kappa shape index (κ3) is 5.01. The fourth-order valence-corrected chi connectivity index (χ4v) is 2.69. The average Bonchev–Trinajstić information content (AvgIpc) is 2.97. The first-order valence-corrected chi connectivity index (χ1v) is 9.24. The van der Waals surface area contributed by atoms with Crippen LogP contribution in [0, 0.1) is 13.8 Å². The van der Waals surface area contributed by atoms with Gasteiger partial charge >= 0.3 is 0 Å². The first-order chi connectivity index (χ1) is 11.6. The van der Waals surface area contributed by atoms with E-state index in [2.05, 4.69) is 53.9 Å². The third-order valence-electron chi connectivity index (χ3n) is 3.96. The molecule has 0 amide bonds. The second-order valence-corrected chi connectivity index (χ2v) is 8.36. The molecule has 0 N–H and O–H groups in total. The van der Waals surface area contributed by atoms with E-state index < -0.39 is 0 Å². The largest absolute Gasteiger partial charge is 0.430 e. The van der Waals surface area contributed by atoms with Gasteiger partial charge in [0.1, 0.15) is 5.75 Å². The zero-order chi connectivity index (χ0) is 18.8. The number of aliphatic imine (C=N–C) groups is 1. The minimum absolute atomic E-state index is 0.0793. The lowest BCUT2D eigenvalue weighted by molar-refractivity contribution is 0.429. The lowest BCUT2D eigenvalue weighted by Crippen LogP contribution is -2.24. The fourth-order valence-electron chi connectivity index (χ4n) is 1.96. The Hall–Kier alpha value is -1.95. The zero-order valence-corrected chi connectivity index (χ0v) is 17.2. The van der Waals surface area contributed by atoms with Crippen molar-refractivity contribution in [1.82, 2.24) is 14.3 Å². The molecule has 0 saturated heterocycles. The molecule has 1 heterocycles. The van der Waals surface area contributed by atoms with Crippen LogP contribution in [0.15, 0.2) is 17.1 Å². The van der Waals surface area contributed by atoms with Gasteiger partial charge in [-0.25, -0.2) is 4.99 Å². The van der Waals surface area contributed by atoms with Crippen molar-refractivity contribution in [3.05, 3.63) is 29.1 Å². The van der Waals surface area contributed by atoms with E-state index in [0.717, 1.165) is 28.4 Å². The summed E-state index contributed by atoms with van der Waals surface area (Å²) < 4.78 is 10.4. The smallest absolute Gasteiger partial charge is 0.298 e. The number of benzene rings is 1. The van der Waals surface area contributed by atoms with Crippen molar-refractivity contribution in [2.45, 2.75) is 59.9 Å².